The number of rotatable bonds is 4. The maximum Gasteiger partial charge on any atom is 0.206 e. The second-order valence-corrected chi connectivity index (χ2v) is 4.65. The summed E-state index contributed by atoms with van der Waals surface area (Å²) in [5, 5.41) is 3.87. The molecule has 0 bridgehead atoms. The summed E-state index contributed by atoms with van der Waals surface area (Å²) in [5.74, 6) is 6.53. The van der Waals surface area contributed by atoms with Crippen molar-refractivity contribution in [3.8, 4) is 0 Å². The molecule has 0 heterocycles. The Kier molecular flexibility index (Phi) is 5.80. The van der Waals surface area contributed by atoms with Gasteiger partial charge in [-0.15, -0.1) is 0 Å². The average Bonchev–Trinajstić information content (AvgIpc) is 2.31. The van der Waals surface area contributed by atoms with Crippen LogP contribution in [-0.2, 0) is 6.54 Å². The lowest BCUT2D eigenvalue weighted by Gasteiger charge is -2.10. The number of hydrogen-bond donors (Lipinski definition) is 3. The van der Waals surface area contributed by atoms with E-state index < -0.39 is 0 Å². The highest BCUT2D eigenvalue weighted by Gasteiger charge is 1.98. The van der Waals surface area contributed by atoms with Gasteiger partial charge in [0.25, 0.3) is 0 Å². The number of nitrogens with two attached hydrogens (primary N) is 1. The largest absolute Gasteiger partial charge is 0.355 e. The van der Waals surface area contributed by atoms with Gasteiger partial charge in [0.1, 0.15) is 0 Å². The summed E-state index contributed by atoms with van der Waals surface area (Å²) in [7, 11) is 0. The number of hydrogen-bond acceptors (Lipinski definition) is 2. The van der Waals surface area contributed by atoms with Crippen LogP contribution in [0, 0.1) is 5.92 Å². The molecule has 0 radical (unpaired) electrons. The summed E-state index contributed by atoms with van der Waals surface area (Å²) in [5.41, 5.74) is 3.64. The minimum Gasteiger partial charge on any atom is -0.355 e. The number of hydrazine groups is 1. The monoisotopic (exact) mass is 254 g/mol. The molecule has 1 aromatic carbocycles. The maximum atomic E-state index is 5.81. The second kappa shape index (κ2) is 7.14. The van der Waals surface area contributed by atoms with Crippen LogP contribution in [0.15, 0.2) is 29.3 Å². The first kappa shape index (κ1) is 13.8. The minimum absolute atomic E-state index is 0.545. The molecule has 17 heavy (non-hydrogen) atoms. The van der Waals surface area contributed by atoms with E-state index in [1.54, 1.807) is 0 Å². The fourth-order valence-electron chi connectivity index (χ4n) is 1.21. The summed E-state index contributed by atoms with van der Waals surface area (Å²) in [6.45, 7) is 5.66. The number of aliphatic imine (C=N–C) groups is 1. The van der Waals surface area contributed by atoms with E-state index in [2.05, 4.69) is 29.6 Å². The van der Waals surface area contributed by atoms with Gasteiger partial charge in [0, 0.05) is 11.6 Å². The Morgan fingerprint density at radius 3 is 2.53 bits per heavy atom. The molecule has 5 heteroatoms. The van der Waals surface area contributed by atoms with Crippen molar-refractivity contribution in [3.05, 3.63) is 34.9 Å². The molecule has 4 nitrogen and oxygen atoms in total. The van der Waals surface area contributed by atoms with E-state index >= 15 is 0 Å². The van der Waals surface area contributed by atoms with Gasteiger partial charge in [-0.05, 0) is 23.6 Å². The van der Waals surface area contributed by atoms with E-state index in [1.807, 2.05) is 24.3 Å². The average molecular weight is 255 g/mol. The van der Waals surface area contributed by atoms with Crippen LogP contribution in [0.5, 0.6) is 0 Å². The van der Waals surface area contributed by atoms with E-state index in [-0.39, 0.29) is 0 Å². The summed E-state index contributed by atoms with van der Waals surface area (Å²) in [6.07, 6.45) is 0. The van der Waals surface area contributed by atoms with Crippen molar-refractivity contribution >= 4 is 17.6 Å². The Hall–Kier alpha value is -1.26. The standard InChI is InChI=1S/C12H19ClN4/c1-9(2)7-15-12(17-14)16-8-10-3-5-11(13)6-4-10/h3-6,9H,7-8,14H2,1-2H3,(H2,15,16,17). The maximum absolute atomic E-state index is 5.81. The number of benzene rings is 1. The van der Waals surface area contributed by atoms with Crippen molar-refractivity contribution in [3.63, 3.8) is 0 Å². The molecule has 1 rings (SSSR count). The van der Waals surface area contributed by atoms with Crippen molar-refractivity contribution in [2.45, 2.75) is 20.4 Å². The van der Waals surface area contributed by atoms with Crippen LogP contribution in [0.1, 0.15) is 19.4 Å². The smallest absolute Gasteiger partial charge is 0.206 e. The van der Waals surface area contributed by atoms with Gasteiger partial charge >= 0.3 is 0 Å². The molecule has 0 saturated carbocycles. The van der Waals surface area contributed by atoms with Crippen molar-refractivity contribution in [2.75, 3.05) is 6.54 Å². The Morgan fingerprint density at radius 2 is 2.00 bits per heavy atom. The highest BCUT2D eigenvalue weighted by molar-refractivity contribution is 6.30. The third-order valence-corrected chi connectivity index (χ3v) is 2.40. The van der Waals surface area contributed by atoms with E-state index in [0.29, 0.717) is 18.4 Å². The first-order chi connectivity index (χ1) is 8.11. The lowest BCUT2D eigenvalue weighted by Crippen LogP contribution is -2.42. The van der Waals surface area contributed by atoms with Gasteiger partial charge in [-0.3, -0.25) is 5.43 Å². The Balaban J connectivity index is 2.51. The van der Waals surface area contributed by atoms with Gasteiger partial charge in [0.2, 0.25) is 5.96 Å². The Labute approximate surface area is 107 Å². The highest BCUT2D eigenvalue weighted by Crippen LogP contribution is 2.09. The minimum atomic E-state index is 0.545. The zero-order chi connectivity index (χ0) is 12.7. The van der Waals surface area contributed by atoms with Crippen LogP contribution in [0.2, 0.25) is 5.02 Å². The quantitative estimate of drug-likeness (QED) is 0.333. The van der Waals surface area contributed by atoms with Gasteiger partial charge < -0.3 is 5.32 Å². The molecule has 94 valence electrons. The first-order valence-electron chi connectivity index (χ1n) is 5.61. The zero-order valence-corrected chi connectivity index (χ0v) is 11.0. The van der Waals surface area contributed by atoms with Crippen molar-refractivity contribution in [2.24, 2.45) is 16.8 Å². The number of guanidine groups is 1. The van der Waals surface area contributed by atoms with E-state index in [4.69, 9.17) is 17.4 Å². The topological polar surface area (TPSA) is 62.4 Å². The van der Waals surface area contributed by atoms with Crippen LogP contribution in [0.25, 0.3) is 0 Å². The molecule has 0 aliphatic heterocycles. The van der Waals surface area contributed by atoms with Gasteiger partial charge in [-0.25, -0.2) is 10.8 Å². The Morgan fingerprint density at radius 1 is 1.35 bits per heavy atom. The molecule has 0 unspecified atom stereocenters. The normalized spacial score (nSPS) is 11.7. The molecule has 0 aliphatic rings. The molecule has 0 spiro atoms. The fraction of sp³-hybridized carbons (Fsp3) is 0.417. The molecular formula is C12H19ClN4. The molecule has 0 atom stereocenters. The van der Waals surface area contributed by atoms with Gasteiger partial charge in [0.15, 0.2) is 0 Å². The van der Waals surface area contributed by atoms with Crippen molar-refractivity contribution < 1.29 is 0 Å². The predicted molar refractivity (Wildman–Crippen MR) is 72.8 cm³/mol. The van der Waals surface area contributed by atoms with Gasteiger partial charge in [-0.1, -0.05) is 37.6 Å². The van der Waals surface area contributed by atoms with E-state index in [1.165, 1.54) is 0 Å². The molecule has 1 aromatic rings. The van der Waals surface area contributed by atoms with Gasteiger partial charge in [0.05, 0.1) is 6.54 Å². The summed E-state index contributed by atoms with van der Waals surface area (Å²) < 4.78 is 0. The van der Waals surface area contributed by atoms with Crippen molar-refractivity contribution in [1.29, 1.82) is 0 Å². The molecule has 0 aromatic heterocycles. The van der Waals surface area contributed by atoms with E-state index in [0.717, 1.165) is 17.1 Å². The number of halogens is 1. The van der Waals surface area contributed by atoms with Crippen molar-refractivity contribution in [1.82, 2.24) is 10.7 Å². The van der Waals surface area contributed by atoms with Crippen LogP contribution in [0.4, 0.5) is 0 Å². The summed E-state index contributed by atoms with van der Waals surface area (Å²) in [4.78, 5) is 4.34. The van der Waals surface area contributed by atoms with E-state index in [9.17, 15) is 0 Å². The van der Waals surface area contributed by atoms with Crippen LogP contribution in [-0.4, -0.2) is 12.5 Å². The van der Waals surface area contributed by atoms with Crippen LogP contribution < -0.4 is 16.6 Å². The first-order valence-corrected chi connectivity index (χ1v) is 5.99. The Bertz CT molecular complexity index is 359. The molecule has 4 N–H and O–H groups in total. The van der Waals surface area contributed by atoms with Gasteiger partial charge in [-0.2, -0.15) is 0 Å². The summed E-state index contributed by atoms with van der Waals surface area (Å²) >= 11 is 5.81. The number of nitrogens with one attached hydrogen (secondary N) is 2. The molecule has 0 fully saturated rings. The molecule has 0 saturated heterocycles. The molecular weight excluding hydrogens is 236 g/mol. The predicted octanol–water partition coefficient (Wildman–Crippen LogP) is 1.90. The molecule has 0 amide bonds. The highest BCUT2D eigenvalue weighted by atomic mass is 35.5. The second-order valence-electron chi connectivity index (χ2n) is 4.21. The van der Waals surface area contributed by atoms with Crippen LogP contribution >= 0.6 is 11.6 Å². The van der Waals surface area contributed by atoms with Crippen LogP contribution in [0.3, 0.4) is 0 Å². The number of nitrogens with zero attached hydrogens (tertiary/aromatic N) is 1. The third kappa shape index (κ3) is 5.56. The molecule has 0 aliphatic carbocycles. The SMILES string of the molecule is CC(C)CNC(=NCc1ccc(Cl)cc1)NN. The third-order valence-electron chi connectivity index (χ3n) is 2.15. The lowest BCUT2D eigenvalue weighted by atomic mass is 10.2. The zero-order valence-electron chi connectivity index (χ0n) is 10.2. The fourth-order valence-corrected chi connectivity index (χ4v) is 1.34. The lowest BCUT2D eigenvalue weighted by molar-refractivity contribution is 0.615. The summed E-state index contributed by atoms with van der Waals surface area (Å²) in [6, 6.07) is 7.60.